The Morgan fingerprint density at radius 1 is 1.24 bits per heavy atom. The van der Waals surface area contributed by atoms with Gasteiger partial charge in [-0.05, 0) is 26.7 Å². The lowest BCUT2D eigenvalue weighted by Gasteiger charge is -2.44. The van der Waals surface area contributed by atoms with Crippen LogP contribution in [0, 0.1) is 0 Å². The predicted octanol–water partition coefficient (Wildman–Crippen LogP) is 1.07. The molecule has 0 radical (unpaired) electrons. The maximum absolute atomic E-state index is 12.4. The number of nitrogens with two attached hydrogens (primary N) is 1. The minimum absolute atomic E-state index is 0.0894. The van der Waals surface area contributed by atoms with Crippen LogP contribution in [0.5, 0.6) is 0 Å². The molecule has 0 aromatic carbocycles. The van der Waals surface area contributed by atoms with E-state index in [2.05, 4.69) is 5.32 Å². The van der Waals surface area contributed by atoms with Crippen molar-refractivity contribution in [3.05, 3.63) is 0 Å². The van der Waals surface area contributed by atoms with Crippen LogP contribution in [-0.2, 0) is 9.59 Å². The highest BCUT2D eigenvalue weighted by Crippen LogP contribution is 2.36. The smallest absolute Gasteiger partial charge is 0.318 e. The van der Waals surface area contributed by atoms with Gasteiger partial charge in [0.15, 0.2) is 0 Å². The summed E-state index contributed by atoms with van der Waals surface area (Å²) in [5, 5.41) is 11.7. The van der Waals surface area contributed by atoms with Gasteiger partial charge in [-0.15, -0.1) is 0 Å². The van der Waals surface area contributed by atoms with Crippen LogP contribution in [0.15, 0.2) is 0 Å². The molecule has 0 heterocycles. The molecule has 1 aliphatic rings. The van der Waals surface area contributed by atoms with E-state index in [4.69, 9.17) is 10.8 Å². The average Bonchev–Trinajstić information content (AvgIpc) is 2.37. The van der Waals surface area contributed by atoms with E-state index in [1.165, 1.54) is 18.7 Å². The van der Waals surface area contributed by atoms with E-state index in [-0.39, 0.29) is 6.42 Å². The zero-order valence-electron chi connectivity index (χ0n) is 12.9. The molecule has 7 nitrogen and oxygen atoms in total. The van der Waals surface area contributed by atoms with Crippen LogP contribution < -0.4 is 11.1 Å². The molecule has 1 aliphatic carbocycles. The van der Waals surface area contributed by atoms with Crippen molar-refractivity contribution in [3.63, 3.8) is 0 Å². The van der Waals surface area contributed by atoms with Crippen LogP contribution >= 0.6 is 0 Å². The Balaban J connectivity index is 2.90. The molecule has 0 aliphatic heterocycles. The maximum atomic E-state index is 12.4. The van der Waals surface area contributed by atoms with Crippen molar-refractivity contribution in [3.8, 4) is 0 Å². The van der Waals surface area contributed by atoms with Gasteiger partial charge in [-0.3, -0.25) is 9.59 Å². The fourth-order valence-corrected chi connectivity index (χ4v) is 2.75. The molecular weight excluding hydrogens is 274 g/mol. The number of urea groups is 1. The average molecular weight is 299 g/mol. The summed E-state index contributed by atoms with van der Waals surface area (Å²) in [5.74, 6) is -1.56. The van der Waals surface area contributed by atoms with Gasteiger partial charge in [-0.25, -0.2) is 4.79 Å². The molecule has 120 valence electrons. The van der Waals surface area contributed by atoms with E-state index in [1.54, 1.807) is 7.05 Å². The van der Waals surface area contributed by atoms with Crippen molar-refractivity contribution in [2.24, 2.45) is 5.73 Å². The molecule has 7 heteroatoms. The second kappa shape index (κ2) is 6.32. The third-order valence-electron chi connectivity index (χ3n) is 4.32. The molecule has 21 heavy (non-hydrogen) atoms. The highest BCUT2D eigenvalue weighted by molar-refractivity contribution is 5.89. The summed E-state index contributed by atoms with van der Waals surface area (Å²) < 4.78 is 0. The van der Waals surface area contributed by atoms with Gasteiger partial charge in [0, 0.05) is 7.05 Å². The first-order valence-electron chi connectivity index (χ1n) is 7.18. The molecule has 0 bridgehead atoms. The zero-order valence-corrected chi connectivity index (χ0v) is 12.9. The van der Waals surface area contributed by atoms with Crippen molar-refractivity contribution < 1.29 is 19.5 Å². The first-order chi connectivity index (χ1) is 9.61. The number of carbonyl (C=O) groups is 3. The summed E-state index contributed by atoms with van der Waals surface area (Å²) >= 11 is 0. The molecule has 0 atom stereocenters. The number of aliphatic carboxylic acids is 1. The number of carboxylic acids is 1. The standard InChI is InChI=1S/C14H25N3O4/c1-13(2,11(15)20)16-12(21)17(3)14(9-10(18)19)7-5-4-6-8-14/h4-9H2,1-3H3,(H2,15,20)(H,16,21)(H,18,19). The number of rotatable bonds is 5. The predicted molar refractivity (Wildman–Crippen MR) is 77.6 cm³/mol. The number of nitrogens with zero attached hydrogens (tertiary/aromatic N) is 1. The number of carboxylic acid groups (broad SMARTS) is 1. The second-order valence-electron chi connectivity index (χ2n) is 6.33. The van der Waals surface area contributed by atoms with Gasteiger partial charge in [0.25, 0.3) is 0 Å². The second-order valence-corrected chi connectivity index (χ2v) is 6.33. The summed E-state index contributed by atoms with van der Waals surface area (Å²) in [6.07, 6.45) is 4.05. The van der Waals surface area contributed by atoms with Crippen LogP contribution in [0.3, 0.4) is 0 Å². The molecular formula is C14H25N3O4. The van der Waals surface area contributed by atoms with Crippen molar-refractivity contribution >= 4 is 17.9 Å². The largest absolute Gasteiger partial charge is 0.481 e. The topological polar surface area (TPSA) is 113 Å². The number of hydrogen-bond acceptors (Lipinski definition) is 3. The summed E-state index contributed by atoms with van der Waals surface area (Å²) in [6.45, 7) is 3.04. The Hall–Kier alpha value is -1.79. The molecule has 1 saturated carbocycles. The Morgan fingerprint density at radius 2 is 1.76 bits per heavy atom. The van der Waals surface area contributed by atoms with Gasteiger partial charge in [0.05, 0.1) is 12.0 Å². The molecule has 3 amide bonds. The van der Waals surface area contributed by atoms with Crippen molar-refractivity contribution in [2.75, 3.05) is 7.05 Å². The lowest BCUT2D eigenvalue weighted by atomic mass is 9.78. The number of hydrogen-bond donors (Lipinski definition) is 3. The normalized spacial score (nSPS) is 17.9. The van der Waals surface area contributed by atoms with Crippen molar-refractivity contribution in [1.82, 2.24) is 10.2 Å². The fourth-order valence-electron chi connectivity index (χ4n) is 2.75. The maximum Gasteiger partial charge on any atom is 0.318 e. The van der Waals surface area contributed by atoms with Gasteiger partial charge in [-0.1, -0.05) is 19.3 Å². The van der Waals surface area contributed by atoms with E-state index < -0.39 is 29.0 Å². The number of primary amides is 1. The highest BCUT2D eigenvalue weighted by atomic mass is 16.4. The van der Waals surface area contributed by atoms with Gasteiger partial charge >= 0.3 is 12.0 Å². The van der Waals surface area contributed by atoms with Crippen molar-refractivity contribution in [2.45, 2.75) is 63.5 Å². The molecule has 0 spiro atoms. The number of amides is 3. The third kappa shape index (κ3) is 4.09. The third-order valence-corrected chi connectivity index (χ3v) is 4.32. The van der Waals surface area contributed by atoms with E-state index >= 15 is 0 Å². The molecule has 0 unspecified atom stereocenters. The SMILES string of the molecule is CN(C(=O)NC(C)(C)C(N)=O)C1(CC(=O)O)CCCCC1. The van der Waals surface area contributed by atoms with E-state index in [1.807, 2.05) is 0 Å². The summed E-state index contributed by atoms with van der Waals surface area (Å²) in [4.78, 5) is 36.3. The van der Waals surface area contributed by atoms with Gasteiger partial charge in [0.2, 0.25) is 5.91 Å². The molecule has 0 saturated heterocycles. The Morgan fingerprint density at radius 3 is 2.19 bits per heavy atom. The number of nitrogens with one attached hydrogen (secondary N) is 1. The number of carbonyl (C=O) groups excluding carboxylic acids is 2. The fraction of sp³-hybridized carbons (Fsp3) is 0.786. The lowest BCUT2D eigenvalue weighted by Crippen LogP contribution is -2.61. The summed E-state index contributed by atoms with van der Waals surface area (Å²) in [6, 6.07) is -0.470. The van der Waals surface area contributed by atoms with Crippen LogP contribution in [-0.4, -0.2) is 46.0 Å². The van der Waals surface area contributed by atoms with E-state index in [0.29, 0.717) is 12.8 Å². The Labute approximate surface area is 124 Å². The van der Waals surface area contributed by atoms with Gasteiger partial charge in [0.1, 0.15) is 5.54 Å². The molecule has 4 N–H and O–H groups in total. The lowest BCUT2D eigenvalue weighted by molar-refractivity contribution is -0.140. The Kier molecular flexibility index (Phi) is 5.20. The zero-order chi connectivity index (χ0) is 16.3. The Bertz CT molecular complexity index is 428. The summed E-state index contributed by atoms with van der Waals surface area (Å²) in [5.41, 5.74) is 3.38. The van der Waals surface area contributed by atoms with Crippen LogP contribution in [0.25, 0.3) is 0 Å². The van der Waals surface area contributed by atoms with Crippen LogP contribution in [0.2, 0.25) is 0 Å². The molecule has 0 aromatic heterocycles. The van der Waals surface area contributed by atoms with Crippen molar-refractivity contribution in [1.29, 1.82) is 0 Å². The van der Waals surface area contributed by atoms with Crippen LogP contribution in [0.4, 0.5) is 4.79 Å². The quantitative estimate of drug-likeness (QED) is 0.704. The minimum atomic E-state index is -1.18. The molecule has 1 rings (SSSR count). The molecule has 1 fully saturated rings. The van der Waals surface area contributed by atoms with E-state index in [9.17, 15) is 14.4 Å². The molecule has 0 aromatic rings. The van der Waals surface area contributed by atoms with Crippen LogP contribution in [0.1, 0.15) is 52.4 Å². The van der Waals surface area contributed by atoms with Gasteiger partial charge in [-0.2, -0.15) is 0 Å². The first-order valence-corrected chi connectivity index (χ1v) is 7.18. The first kappa shape index (κ1) is 17.3. The van der Waals surface area contributed by atoms with E-state index in [0.717, 1.165) is 19.3 Å². The summed E-state index contributed by atoms with van der Waals surface area (Å²) in [7, 11) is 1.58. The monoisotopic (exact) mass is 299 g/mol. The minimum Gasteiger partial charge on any atom is -0.481 e. The van der Waals surface area contributed by atoms with Gasteiger partial charge < -0.3 is 21.1 Å². The highest BCUT2D eigenvalue weighted by Gasteiger charge is 2.42.